The number of aromatic amines is 1. The highest BCUT2D eigenvalue weighted by Crippen LogP contribution is 2.14. The number of imidazole rings is 1. The first-order valence-corrected chi connectivity index (χ1v) is 5.93. The number of fused-ring (bicyclic) bond motifs is 1. The maximum absolute atomic E-state index is 12.1. The molecule has 18 heavy (non-hydrogen) atoms. The summed E-state index contributed by atoms with van der Waals surface area (Å²) in [5, 5.41) is 6.09. The van der Waals surface area contributed by atoms with Crippen LogP contribution >= 0.6 is 0 Å². The molecule has 1 aromatic carbocycles. The van der Waals surface area contributed by atoms with E-state index in [0.29, 0.717) is 13.0 Å². The van der Waals surface area contributed by atoms with E-state index in [0.717, 1.165) is 17.1 Å². The van der Waals surface area contributed by atoms with Crippen LogP contribution in [0.3, 0.4) is 0 Å². The van der Waals surface area contributed by atoms with Gasteiger partial charge in [-0.3, -0.25) is 10.1 Å². The van der Waals surface area contributed by atoms with Gasteiger partial charge in [0.1, 0.15) is 0 Å². The molecule has 5 nitrogen and oxygen atoms in total. The van der Waals surface area contributed by atoms with Crippen molar-refractivity contribution < 1.29 is 4.79 Å². The van der Waals surface area contributed by atoms with E-state index in [-0.39, 0.29) is 11.9 Å². The summed E-state index contributed by atoms with van der Waals surface area (Å²) < 4.78 is 0. The normalized spacial score (nSPS) is 18.1. The summed E-state index contributed by atoms with van der Waals surface area (Å²) in [4.78, 5) is 19.4. The first kappa shape index (κ1) is 11.0. The number of amides is 1. The van der Waals surface area contributed by atoms with Gasteiger partial charge in [-0.15, -0.1) is 0 Å². The minimum atomic E-state index is -0.221. The number of nitrogens with zero attached hydrogens (tertiary/aromatic N) is 1. The Morgan fingerprint density at radius 2 is 2.17 bits per heavy atom. The van der Waals surface area contributed by atoms with E-state index < -0.39 is 0 Å². The lowest BCUT2D eigenvalue weighted by atomic mass is 10.0. The lowest BCUT2D eigenvalue weighted by Gasteiger charge is -2.22. The van der Waals surface area contributed by atoms with Crippen LogP contribution in [-0.4, -0.2) is 21.9 Å². The number of anilines is 1. The number of para-hydroxylation sites is 1. The number of hydrogen-bond donors (Lipinski definition) is 3. The number of rotatable bonds is 2. The molecule has 0 spiro atoms. The van der Waals surface area contributed by atoms with Crippen molar-refractivity contribution in [2.45, 2.75) is 19.0 Å². The number of hydrogen-bond acceptors (Lipinski definition) is 3. The molecule has 3 N–H and O–H groups in total. The van der Waals surface area contributed by atoms with Crippen LogP contribution < -0.4 is 10.6 Å². The van der Waals surface area contributed by atoms with Crippen molar-refractivity contribution in [1.29, 1.82) is 0 Å². The summed E-state index contributed by atoms with van der Waals surface area (Å²) >= 11 is 0. The highest BCUT2D eigenvalue weighted by Gasteiger charge is 2.25. The number of nitrogens with one attached hydrogen (secondary N) is 3. The maximum Gasteiger partial charge on any atom is 0.241 e. The van der Waals surface area contributed by atoms with Crippen molar-refractivity contribution in [1.82, 2.24) is 15.3 Å². The quantitative estimate of drug-likeness (QED) is 0.737. The van der Waals surface area contributed by atoms with E-state index in [4.69, 9.17) is 0 Å². The average Bonchev–Trinajstić information content (AvgIpc) is 2.87. The second-order valence-electron chi connectivity index (χ2n) is 4.32. The van der Waals surface area contributed by atoms with Crippen LogP contribution in [0.1, 0.15) is 11.4 Å². The fraction of sp³-hybridized carbons (Fsp3) is 0.231. The Morgan fingerprint density at radius 3 is 3.00 bits per heavy atom. The van der Waals surface area contributed by atoms with Crippen molar-refractivity contribution in [2.24, 2.45) is 0 Å². The maximum atomic E-state index is 12.1. The first-order valence-electron chi connectivity index (χ1n) is 5.93. The molecule has 1 aliphatic heterocycles. The van der Waals surface area contributed by atoms with Gasteiger partial charge in [0.15, 0.2) is 0 Å². The molecule has 1 amide bonds. The topological polar surface area (TPSA) is 69.8 Å². The van der Waals surface area contributed by atoms with Gasteiger partial charge in [0, 0.05) is 18.7 Å². The zero-order valence-electron chi connectivity index (χ0n) is 9.81. The van der Waals surface area contributed by atoms with Crippen LogP contribution in [0.2, 0.25) is 0 Å². The fourth-order valence-corrected chi connectivity index (χ4v) is 2.11. The molecule has 0 saturated heterocycles. The predicted molar refractivity (Wildman–Crippen MR) is 68.0 cm³/mol. The van der Waals surface area contributed by atoms with Crippen LogP contribution in [0.4, 0.5) is 5.69 Å². The van der Waals surface area contributed by atoms with Gasteiger partial charge in [0.05, 0.1) is 23.8 Å². The largest absolute Gasteiger partial charge is 0.347 e. The third-order valence-electron chi connectivity index (χ3n) is 3.09. The van der Waals surface area contributed by atoms with Crippen molar-refractivity contribution in [3.8, 4) is 0 Å². The van der Waals surface area contributed by atoms with Crippen molar-refractivity contribution in [3.63, 3.8) is 0 Å². The summed E-state index contributed by atoms with van der Waals surface area (Å²) in [7, 11) is 0. The number of carbonyl (C=O) groups excluding carboxylic acids is 1. The fourth-order valence-electron chi connectivity index (χ4n) is 2.11. The third kappa shape index (κ3) is 2.12. The Morgan fingerprint density at radius 1 is 1.33 bits per heavy atom. The highest BCUT2D eigenvalue weighted by atomic mass is 16.2. The van der Waals surface area contributed by atoms with Crippen molar-refractivity contribution >= 4 is 11.6 Å². The minimum Gasteiger partial charge on any atom is -0.347 e. The van der Waals surface area contributed by atoms with Gasteiger partial charge in [-0.2, -0.15) is 0 Å². The molecule has 2 aromatic rings. The molecule has 3 rings (SSSR count). The first-order chi connectivity index (χ1) is 8.83. The molecule has 0 aliphatic carbocycles. The summed E-state index contributed by atoms with van der Waals surface area (Å²) in [5.41, 5.74) is 2.86. The molecule has 2 heterocycles. The number of H-pyrrole nitrogens is 1. The lowest BCUT2D eigenvalue weighted by Crippen LogP contribution is -2.44. The van der Waals surface area contributed by atoms with E-state index in [1.165, 1.54) is 0 Å². The predicted octanol–water partition coefficient (Wildman–Crippen LogP) is 1.06. The molecule has 0 bridgehead atoms. The zero-order chi connectivity index (χ0) is 12.4. The van der Waals surface area contributed by atoms with Gasteiger partial charge in [-0.05, 0) is 12.1 Å². The lowest BCUT2D eigenvalue weighted by molar-refractivity contribution is -0.118. The second kappa shape index (κ2) is 4.62. The Hall–Kier alpha value is -2.14. The number of benzene rings is 1. The van der Waals surface area contributed by atoms with Crippen LogP contribution in [0.25, 0.3) is 0 Å². The van der Waals surface area contributed by atoms with Gasteiger partial charge in [0.2, 0.25) is 5.91 Å². The minimum absolute atomic E-state index is 0.0187. The number of aromatic nitrogens is 2. The molecule has 92 valence electrons. The summed E-state index contributed by atoms with van der Waals surface area (Å²) in [6, 6.07) is 9.25. The van der Waals surface area contributed by atoms with Crippen molar-refractivity contribution in [2.75, 3.05) is 5.32 Å². The molecular formula is C13H14N4O. The average molecular weight is 242 g/mol. The van der Waals surface area contributed by atoms with Crippen LogP contribution in [0, 0.1) is 0 Å². The Balaban J connectivity index is 1.68. The van der Waals surface area contributed by atoms with Crippen LogP contribution in [-0.2, 0) is 17.8 Å². The molecule has 0 saturated carbocycles. The van der Waals surface area contributed by atoms with Gasteiger partial charge < -0.3 is 10.3 Å². The smallest absolute Gasteiger partial charge is 0.241 e. The van der Waals surface area contributed by atoms with Gasteiger partial charge in [0.25, 0.3) is 0 Å². The Kier molecular flexibility index (Phi) is 2.82. The molecule has 5 heteroatoms. The highest BCUT2D eigenvalue weighted by molar-refractivity contribution is 5.95. The van der Waals surface area contributed by atoms with Crippen molar-refractivity contribution in [3.05, 3.63) is 48.0 Å². The number of carbonyl (C=O) groups is 1. The molecule has 1 atom stereocenters. The van der Waals surface area contributed by atoms with E-state index in [1.54, 1.807) is 6.33 Å². The summed E-state index contributed by atoms with van der Waals surface area (Å²) in [6.45, 7) is 0.655. The monoisotopic (exact) mass is 242 g/mol. The van der Waals surface area contributed by atoms with Gasteiger partial charge in [-0.1, -0.05) is 18.2 Å². The Labute approximate surface area is 105 Å². The standard InChI is InChI=1S/C13H14N4O/c18-13(17-9-4-2-1-3-5-9)11-6-10-12(7-14-11)16-8-15-10/h1-5,8,11,14H,6-7H2,(H,15,16)(H,17,18). The summed E-state index contributed by atoms with van der Waals surface area (Å²) in [5.74, 6) is -0.0187. The molecule has 0 radical (unpaired) electrons. The van der Waals surface area contributed by atoms with Gasteiger partial charge >= 0.3 is 0 Å². The van der Waals surface area contributed by atoms with Crippen LogP contribution in [0.15, 0.2) is 36.7 Å². The molecule has 0 fully saturated rings. The molecule has 1 unspecified atom stereocenters. The van der Waals surface area contributed by atoms with E-state index >= 15 is 0 Å². The van der Waals surface area contributed by atoms with E-state index in [1.807, 2.05) is 30.3 Å². The van der Waals surface area contributed by atoms with Crippen LogP contribution in [0.5, 0.6) is 0 Å². The SMILES string of the molecule is O=C(Nc1ccccc1)C1Cc2nc[nH]c2CN1. The third-order valence-corrected chi connectivity index (χ3v) is 3.09. The second-order valence-corrected chi connectivity index (χ2v) is 4.32. The zero-order valence-corrected chi connectivity index (χ0v) is 9.81. The molecule has 1 aliphatic rings. The Bertz CT molecular complexity index is 549. The van der Waals surface area contributed by atoms with E-state index in [2.05, 4.69) is 20.6 Å². The van der Waals surface area contributed by atoms with E-state index in [9.17, 15) is 4.79 Å². The molecule has 1 aromatic heterocycles. The summed E-state index contributed by atoms with van der Waals surface area (Å²) in [6.07, 6.45) is 2.29. The molecular weight excluding hydrogens is 228 g/mol. The van der Waals surface area contributed by atoms with Gasteiger partial charge in [-0.25, -0.2) is 4.98 Å².